The zero-order valence-electron chi connectivity index (χ0n) is 11.8. The molecule has 116 valence electrons. The Morgan fingerprint density at radius 2 is 2.00 bits per heavy atom. The van der Waals surface area contributed by atoms with E-state index in [0.717, 1.165) is 12.4 Å². The molecule has 0 aliphatic heterocycles. The molecule has 23 heavy (non-hydrogen) atoms. The molecule has 3 aromatic rings. The molecular formula is C16H11F2N3O2. The van der Waals surface area contributed by atoms with Crippen LogP contribution in [0.1, 0.15) is 34.1 Å². The zero-order chi connectivity index (χ0) is 16.1. The summed E-state index contributed by atoms with van der Waals surface area (Å²) in [4.78, 5) is 20.8. The molecule has 4 rings (SSSR count). The second kappa shape index (κ2) is 4.84. The topological polar surface area (TPSA) is 67.5 Å². The largest absolute Gasteiger partial charge is 0.508 e. The molecule has 1 aliphatic carbocycles. The van der Waals surface area contributed by atoms with Crippen molar-refractivity contribution in [3.63, 3.8) is 0 Å². The Balaban J connectivity index is 1.91. The van der Waals surface area contributed by atoms with Crippen LogP contribution in [0, 0.1) is 5.82 Å². The summed E-state index contributed by atoms with van der Waals surface area (Å²) in [6, 6.07) is 5.66. The third-order valence-corrected chi connectivity index (χ3v) is 3.88. The number of halogens is 2. The number of imidazole rings is 1. The van der Waals surface area contributed by atoms with E-state index < -0.39 is 23.7 Å². The van der Waals surface area contributed by atoms with E-state index in [1.807, 2.05) is 0 Å². The van der Waals surface area contributed by atoms with Crippen LogP contribution < -0.4 is 0 Å². The molecular weight excluding hydrogens is 304 g/mol. The van der Waals surface area contributed by atoms with Crippen LogP contribution in [0.3, 0.4) is 0 Å². The summed E-state index contributed by atoms with van der Waals surface area (Å²) in [5.41, 5.74) is 0.711. The number of ketones is 1. The average Bonchev–Trinajstić information content (AvgIpc) is 3.14. The fraction of sp³-hybridized carbons (Fsp3) is 0.188. The van der Waals surface area contributed by atoms with Gasteiger partial charge in [0.1, 0.15) is 17.6 Å². The first-order valence-electron chi connectivity index (χ1n) is 7.06. The van der Waals surface area contributed by atoms with Gasteiger partial charge in [0.15, 0.2) is 5.82 Å². The lowest BCUT2D eigenvalue weighted by Gasteiger charge is -2.04. The molecule has 1 aromatic carbocycles. The lowest BCUT2D eigenvalue weighted by molar-refractivity contribution is 0.103. The molecule has 0 spiro atoms. The van der Waals surface area contributed by atoms with Gasteiger partial charge in [-0.15, -0.1) is 0 Å². The van der Waals surface area contributed by atoms with Gasteiger partial charge in [-0.1, -0.05) is 0 Å². The number of hydrogen-bond donors (Lipinski definition) is 1. The summed E-state index contributed by atoms with van der Waals surface area (Å²) < 4.78 is 28.2. The number of aromatic hydroxyl groups is 1. The normalized spacial score (nSPS) is 19.9. The van der Waals surface area contributed by atoms with Gasteiger partial charge in [-0.3, -0.25) is 9.20 Å². The van der Waals surface area contributed by atoms with Crippen molar-refractivity contribution in [2.24, 2.45) is 0 Å². The fourth-order valence-electron chi connectivity index (χ4n) is 2.61. The lowest BCUT2D eigenvalue weighted by Crippen LogP contribution is -2.09. The van der Waals surface area contributed by atoms with E-state index in [-0.39, 0.29) is 17.2 Å². The van der Waals surface area contributed by atoms with Crippen LogP contribution in [0.5, 0.6) is 5.75 Å². The van der Waals surface area contributed by atoms with Gasteiger partial charge in [0.25, 0.3) is 0 Å². The second-order valence-electron chi connectivity index (χ2n) is 5.52. The summed E-state index contributed by atoms with van der Waals surface area (Å²) in [6.07, 6.45) is 1.36. The van der Waals surface area contributed by atoms with Crippen LogP contribution in [0.4, 0.5) is 8.78 Å². The maximum absolute atomic E-state index is 13.5. The Kier molecular flexibility index (Phi) is 2.90. The highest BCUT2D eigenvalue weighted by Crippen LogP contribution is 2.44. The monoisotopic (exact) mass is 315 g/mol. The Labute approximate surface area is 129 Å². The number of nitrogens with zero attached hydrogens (tertiary/aromatic N) is 3. The van der Waals surface area contributed by atoms with Gasteiger partial charge in [-0.25, -0.2) is 18.7 Å². The van der Waals surface area contributed by atoms with Crippen LogP contribution in [0.25, 0.3) is 5.78 Å². The maximum atomic E-state index is 13.5. The maximum Gasteiger partial charge on any atom is 0.234 e. The summed E-state index contributed by atoms with van der Waals surface area (Å²) in [5, 5.41) is 9.33. The minimum atomic E-state index is -1.05. The molecule has 2 aromatic heterocycles. The van der Waals surface area contributed by atoms with Gasteiger partial charge in [-0.2, -0.15) is 0 Å². The summed E-state index contributed by atoms with van der Waals surface area (Å²) in [6.45, 7) is 0. The van der Waals surface area contributed by atoms with Crippen LogP contribution in [-0.2, 0) is 0 Å². The number of phenolic OH excluding ortho intramolecular Hbond substituents is 1. The molecule has 7 heteroatoms. The van der Waals surface area contributed by atoms with Crippen molar-refractivity contribution in [3.8, 4) is 5.75 Å². The van der Waals surface area contributed by atoms with Crippen molar-refractivity contribution < 1.29 is 18.7 Å². The molecule has 0 unspecified atom stereocenters. The summed E-state index contributed by atoms with van der Waals surface area (Å²) in [7, 11) is 0. The first-order valence-corrected chi connectivity index (χ1v) is 7.06. The van der Waals surface area contributed by atoms with Crippen molar-refractivity contribution in [2.45, 2.75) is 18.5 Å². The van der Waals surface area contributed by atoms with E-state index in [2.05, 4.69) is 9.97 Å². The van der Waals surface area contributed by atoms with Crippen LogP contribution in [0.15, 0.2) is 36.7 Å². The van der Waals surface area contributed by atoms with E-state index in [9.17, 15) is 18.7 Å². The number of benzene rings is 1. The molecule has 2 heterocycles. The molecule has 2 atom stereocenters. The highest BCUT2D eigenvalue weighted by atomic mass is 19.1. The molecule has 0 radical (unpaired) electrons. The van der Waals surface area contributed by atoms with Gasteiger partial charge in [0, 0.05) is 11.5 Å². The predicted molar refractivity (Wildman–Crippen MR) is 76.7 cm³/mol. The highest BCUT2D eigenvalue weighted by molar-refractivity contribution is 6.09. The number of fused-ring (bicyclic) bond motifs is 1. The van der Waals surface area contributed by atoms with Crippen molar-refractivity contribution in [1.29, 1.82) is 0 Å². The van der Waals surface area contributed by atoms with E-state index in [1.165, 1.54) is 28.7 Å². The van der Waals surface area contributed by atoms with Gasteiger partial charge in [-0.05, 0) is 30.7 Å². The van der Waals surface area contributed by atoms with E-state index >= 15 is 0 Å². The molecule has 0 amide bonds. The van der Waals surface area contributed by atoms with E-state index in [4.69, 9.17) is 0 Å². The van der Waals surface area contributed by atoms with Gasteiger partial charge < -0.3 is 5.11 Å². The van der Waals surface area contributed by atoms with Crippen LogP contribution >= 0.6 is 0 Å². The van der Waals surface area contributed by atoms with Gasteiger partial charge in [0.2, 0.25) is 11.6 Å². The first kappa shape index (κ1) is 13.8. The molecule has 0 bridgehead atoms. The number of aromatic nitrogens is 3. The van der Waals surface area contributed by atoms with Crippen molar-refractivity contribution in [3.05, 3.63) is 59.4 Å². The Hall–Kier alpha value is -2.83. The van der Waals surface area contributed by atoms with Crippen molar-refractivity contribution in [2.75, 3.05) is 0 Å². The number of rotatable bonds is 3. The highest BCUT2D eigenvalue weighted by Gasteiger charge is 2.44. The molecule has 1 N–H and O–H groups in total. The number of carbonyl (C=O) groups excluding carboxylic acids is 1. The Morgan fingerprint density at radius 1 is 1.30 bits per heavy atom. The number of hydrogen-bond acceptors (Lipinski definition) is 4. The van der Waals surface area contributed by atoms with Crippen molar-refractivity contribution in [1.82, 2.24) is 14.4 Å². The third-order valence-electron chi connectivity index (χ3n) is 3.88. The fourth-order valence-corrected chi connectivity index (χ4v) is 2.61. The molecule has 1 saturated carbocycles. The van der Waals surface area contributed by atoms with Crippen molar-refractivity contribution >= 4 is 11.6 Å². The van der Waals surface area contributed by atoms with E-state index in [1.54, 1.807) is 0 Å². The number of carbonyl (C=O) groups is 1. The minimum Gasteiger partial charge on any atom is -0.508 e. The second-order valence-corrected chi connectivity index (χ2v) is 5.52. The molecule has 5 nitrogen and oxygen atoms in total. The number of phenols is 1. The predicted octanol–water partition coefficient (Wildman–Crippen LogP) is 2.63. The molecule has 1 fully saturated rings. The van der Waals surface area contributed by atoms with Gasteiger partial charge in [0.05, 0.1) is 18.1 Å². The SMILES string of the molecule is O=C(c1ccc(O)cc1)c1c([C@@H]2C[C@H]2F)nc2ncc(F)cn12. The van der Waals surface area contributed by atoms with Crippen LogP contribution in [-0.4, -0.2) is 31.4 Å². The minimum absolute atomic E-state index is 0.0265. The lowest BCUT2D eigenvalue weighted by atomic mass is 10.0. The quantitative estimate of drug-likeness (QED) is 0.755. The Morgan fingerprint density at radius 3 is 2.65 bits per heavy atom. The Bertz CT molecular complexity index is 921. The van der Waals surface area contributed by atoms with Gasteiger partial charge >= 0.3 is 0 Å². The number of alkyl halides is 1. The summed E-state index contributed by atoms with van der Waals surface area (Å²) in [5.74, 6) is -1.31. The first-order chi connectivity index (χ1) is 11.0. The molecule has 1 aliphatic rings. The smallest absolute Gasteiger partial charge is 0.234 e. The standard InChI is InChI=1S/C16H11F2N3O2/c17-9-6-19-16-20-13(11-5-12(11)18)14(21(16)7-9)15(23)8-1-3-10(22)4-2-8/h1-4,6-7,11-12,22H,5H2/t11-,12-/m1/s1. The van der Waals surface area contributed by atoms with Crippen LogP contribution in [0.2, 0.25) is 0 Å². The third kappa shape index (κ3) is 2.25. The van der Waals surface area contributed by atoms with E-state index in [0.29, 0.717) is 17.7 Å². The molecule has 0 saturated heterocycles. The average molecular weight is 315 g/mol. The zero-order valence-corrected chi connectivity index (χ0v) is 11.8. The summed E-state index contributed by atoms with van der Waals surface area (Å²) >= 11 is 0.